The number of rotatable bonds is 6. The van der Waals surface area contributed by atoms with Gasteiger partial charge >= 0.3 is 0 Å². The molecule has 2 aromatic heterocycles. The van der Waals surface area contributed by atoms with Crippen LogP contribution in [0.15, 0.2) is 24.5 Å². The number of anilines is 1. The van der Waals surface area contributed by atoms with Gasteiger partial charge in [0.1, 0.15) is 23.1 Å². The number of ether oxygens (including phenoxy) is 1. The van der Waals surface area contributed by atoms with Gasteiger partial charge in [0.2, 0.25) is 0 Å². The van der Waals surface area contributed by atoms with E-state index in [4.69, 9.17) is 9.84 Å². The lowest BCUT2D eigenvalue weighted by Crippen LogP contribution is -2.05. The Bertz CT molecular complexity index is 754. The van der Waals surface area contributed by atoms with Gasteiger partial charge in [0.15, 0.2) is 5.82 Å². The van der Waals surface area contributed by atoms with Crippen molar-refractivity contribution in [3.63, 3.8) is 0 Å². The fourth-order valence-corrected chi connectivity index (χ4v) is 2.35. The average Bonchev–Trinajstić information content (AvgIpc) is 2.87. The summed E-state index contributed by atoms with van der Waals surface area (Å²) < 4.78 is 5.54. The first-order chi connectivity index (χ1) is 10.3. The van der Waals surface area contributed by atoms with Crippen molar-refractivity contribution in [2.75, 3.05) is 25.1 Å². The first-order valence-electron chi connectivity index (χ1n) is 7.07. The monoisotopic (exact) mass is 286 g/mol. The molecule has 2 heterocycles. The van der Waals surface area contributed by atoms with Crippen molar-refractivity contribution < 1.29 is 9.84 Å². The molecule has 3 rings (SSSR count). The van der Waals surface area contributed by atoms with Crippen LogP contribution in [-0.4, -0.2) is 39.8 Å². The Morgan fingerprint density at radius 1 is 1.33 bits per heavy atom. The Labute approximate surface area is 122 Å². The van der Waals surface area contributed by atoms with E-state index in [1.165, 1.54) is 0 Å². The lowest BCUT2D eigenvalue weighted by molar-refractivity contribution is 0.292. The molecule has 0 aliphatic heterocycles. The van der Waals surface area contributed by atoms with Crippen molar-refractivity contribution in [3.05, 3.63) is 24.5 Å². The van der Waals surface area contributed by atoms with Crippen LogP contribution < -0.4 is 10.1 Å². The number of aromatic amines is 1. The molecular weight excluding hydrogens is 268 g/mol. The molecule has 0 aliphatic rings. The fraction of sp³-hybridized carbons (Fsp3) is 0.333. The Kier molecular flexibility index (Phi) is 3.87. The van der Waals surface area contributed by atoms with E-state index in [0.717, 1.165) is 33.5 Å². The number of hydrogen-bond acceptors (Lipinski definition) is 5. The maximum absolute atomic E-state index is 8.86. The molecule has 0 aliphatic carbocycles. The quantitative estimate of drug-likeness (QED) is 0.606. The number of benzene rings is 1. The Morgan fingerprint density at radius 2 is 2.24 bits per heavy atom. The Morgan fingerprint density at radius 3 is 3.05 bits per heavy atom. The summed E-state index contributed by atoms with van der Waals surface area (Å²) in [6.07, 6.45) is 2.23. The topological polar surface area (TPSA) is 83.1 Å². The average molecular weight is 286 g/mol. The van der Waals surface area contributed by atoms with Crippen LogP contribution in [-0.2, 0) is 0 Å². The third-order valence-electron chi connectivity index (χ3n) is 3.29. The molecule has 110 valence electrons. The van der Waals surface area contributed by atoms with Gasteiger partial charge in [-0.15, -0.1) is 0 Å². The van der Waals surface area contributed by atoms with Gasteiger partial charge in [-0.3, -0.25) is 0 Å². The number of aromatic nitrogens is 3. The third-order valence-corrected chi connectivity index (χ3v) is 3.29. The molecule has 0 unspecified atom stereocenters. The number of H-pyrrole nitrogens is 1. The predicted octanol–water partition coefficient (Wildman–Crippen LogP) is 2.30. The minimum atomic E-state index is 0.158. The molecule has 0 fully saturated rings. The highest BCUT2D eigenvalue weighted by Gasteiger charge is 2.11. The van der Waals surface area contributed by atoms with Crippen LogP contribution in [0.1, 0.15) is 13.3 Å². The first-order valence-corrected chi connectivity index (χ1v) is 7.07. The van der Waals surface area contributed by atoms with E-state index in [2.05, 4.69) is 20.3 Å². The molecule has 0 saturated carbocycles. The molecule has 0 radical (unpaired) electrons. The zero-order valence-electron chi connectivity index (χ0n) is 11.9. The van der Waals surface area contributed by atoms with Gasteiger partial charge in [-0.25, -0.2) is 9.97 Å². The second-order valence-corrected chi connectivity index (χ2v) is 4.72. The Hall–Kier alpha value is -2.34. The molecule has 0 saturated heterocycles. The standard InChI is InChI=1S/C15H18N4O2/c1-2-21-10-4-5-12-11(8-10)13-14(19-12)15(18-9-17-13)16-6-3-7-20/h4-5,8-9,19-20H,2-3,6-7H2,1H3,(H,16,17,18). The summed E-state index contributed by atoms with van der Waals surface area (Å²) in [6.45, 7) is 3.43. The fourth-order valence-electron chi connectivity index (χ4n) is 2.35. The Balaban J connectivity index is 2.05. The smallest absolute Gasteiger partial charge is 0.153 e. The maximum Gasteiger partial charge on any atom is 0.153 e. The number of hydrogen-bond donors (Lipinski definition) is 3. The van der Waals surface area contributed by atoms with Crippen LogP contribution in [0.4, 0.5) is 5.82 Å². The van der Waals surface area contributed by atoms with Crippen LogP contribution in [0, 0.1) is 0 Å². The first kappa shape index (κ1) is 13.6. The molecule has 0 atom stereocenters. The van der Waals surface area contributed by atoms with Gasteiger partial charge in [0.25, 0.3) is 0 Å². The lowest BCUT2D eigenvalue weighted by Gasteiger charge is -2.04. The highest BCUT2D eigenvalue weighted by Crippen LogP contribution is 2.29. The minimum absolute atomic E-state index is 0.158. The number of nitrogens with zero attached hydrogens (tertiary/aromatic N) is 2. The molecule has 6 heteroatoms. The van der Waals surface area contributed by atoms with E-state index in [0.29, 0.717) is 19.6 Å². The molecule has 0 bridgehead atoms. The molecule has 3 N–H and O–H groups in total. The molecule has 3 aromatic rings. The molecule has 1 aromatic carbocycles. The van der Waals surface area contributed by atoms with Crippen LogP contribution in [0.3, 0.4) is 0 Å². The van der Waals surface area contributed by atoms with Crippen molar-refractivity contribution in [1.29, 1.82) is 0 Å². The second kappa shape index (κ2) is 5.97. The summed E-state index contributed by atoms with van der Waals surface area (Å²) in [5.74, 6) is 1.59. The van der Waals surface area contributed by atoms with Crippen molar-refractivity contribution in [3.8, 4) is 5.75 Å². The predicted molar refractivity (Wildman–Crippen MR) is 82.8 cm³/mol. The van der Waals surface area contributed by atoms with Gasteiger partial charge < -0.3 is 20.1 Å². The second-order valence-electron chi connectivity index (χ2n) is 4.72. The lowest BCUT2D eigenvalue weighted by atomic mass is 10.2. The number of nitrogens with one attached hydrogen (secondary N) is 2. The summed E-state index contributed by atoms with van der Waals surface area (Å²) >= 11 is 0. The van der Waals surface area contributed by atoms with Crippen molar-refractivity contribution in [1.82, 2.24) is 15.0 Å². The SMILES string of the molecule is CCOc1ccc2[nH]c3c(NCCCO)ncnc3c2c1. The van der Waals surface area contributed by atoms with Crippen LogP contribution in [0.25, 0.3) is 21.9 Å². The number of aliphatic hydroxyl groups excluding tert-OH is 1. The minimum Gasteiger partial charge on any atom is -0.494 e. The largest absolute Gasteiger partial charge is 0.494 e. The van der Waals surface area contributed by atoms with Crippen molar-refractivity contribution >= 4 is 27.8 Å². The zero-order chi connectivity index (χ0) is 14.7. The molecular formula is C15H18N4O2. The molecule has 21 heavy (non-hydrogen) atoms. The van der Waals surface area contributed by atoms with Gasteiger partial charge in [-0.1, -0.05) is 0 Å². The zero-order valence-corrected chi connectivity index (χ0v) is 11.9. The summed E-state index contributed by atoms with van der Waals surface area (Å²) in [6, 6.07) is 5.91. The molecule has 0 spiro atoms. The molecule has 6 nitrogen and oxygen atoms in total. The van der Waals surface area contributed by atoms with Gasteiger partial charge in [0.05, 0.1) is 6.61 Å². The highest BCUT2D eigenvalue weighted by atomic mass is 16.5. The van der Waals surface area contributed by atoms with Crippen LogP contribution >= 0.6 is 0 Å². The maximum atomic E-state index is 8.86. The highest BCUT2D eigenvalue weighted by molar-refractivity contribution is 6.08. The van der Waals surface area contributed by atoms with E-state index in [-0.39, 0.29) is 6.61 Å². The van der Waals surface area contributed by atoms with E-state index < -0.39 is 0 Å². The van der Waals surface area contributed by atoms with E-state index in [1.54, 1.807) is 6.33 Å². The van der Waals surface area contributed by atoms with Crippen molar-refractivity contribution in [2.24, 2.45) is 0 Å². The van der Waals surface area contributed by atoms with E-state index in [1.807, 2.05) is 25.1 Å². The van der Waals surface area contributed by atoms with E-state index in [9.17, 15) is 0 Å². The van der Waals surface area contributed by atoms with Crippen molar-refractivity contribution in [2.45, 2.75) is 13.3 Å². The number of aliphatic hydroxyl groups is 1. The van der Waals surface area contributed by atoms with Gasteiger partial charge in [0, 0.05) is 24.1 Å². The summed E-state index contributed by atoms with van der Waals surface area (Å²) in [7, 11) is 0. The van der Waals surface area contributed by atoms with Crippen LogP contribution in [0.2, 0.25) is 0 Å². The summed E-state index contributed by atoms with van der Waals surface area (Å²) in [4.78, 5) is 12.0. The molecule has 0 amide bonds. The van der Waals surface area contributed by atoms with Crippen LogP contribution in [0.5, 0.6) is 5.75 Å². The van der Waals surface area contributed by atoms with E-state index >= 15 is 0 Å². The third kappa shape index (κ3) is 2.62. The van der Waals surface area contributed by atoms with Gasteiger partial charge in [-0.05, 0) is 31.5 Å². The summed E-state index contributed by atoms with van der Waals surface area (Å²) in [5.41, 5.74) is 2.74. The number of fused-ring (bicyclic) bond motifs is 3. The van der Waals surface area contributed by atoms with Gasteiger partial charge in [-0.2, -0.15) is 0 Å². The normalized spacial score (nSPS) is 11.1. The summed E-state index contributed by atoms with van der Waals surface area (Å²) in [5, 5.41) is 13.1.